The van der Waals surface area contributed by atoms with Crippen LogP contribution >= 0.6 is 0 Å². The topological polar surface area (TPSA) is 29.0 Å². The van der Waals surface area contributed by atoms with Gasteiger partial charge in [-0.1, -0.05) is 24.3 Å². The van der Waals surface area contributed by atoms with Crippen LogP contribution < -0.4 is 4.90 Å². The molecule has 2 aromatic heterocycles. The van der Waals surface area contributed by atoms with Crippen molar-refractivity contribution >= 4 is 11.4 Å². The molecule has 0 aliphatic rings. The molecular formula is C23H19N3. The van der Waals surface area contributed by atoms with E-state index in [4.69, 9.17) is 0 Å². The molecule has 126 valence electrons. The molecule has 0 amide bonds. The largest absolute Gasteiger partial charge is 0.345 e. The Hall–Kier alpha value is -3.46. The zero-order chi connectivity index (χ0) is 17.8. The van der Waals surface area contributed by atoms with Gasteiger partial charge < -0.3 is 4.90 Å². The summed E-state index contributed by atoms with van der Waals surface area (Å²) in [5.74, 6) is 0. The Balaban J connectivity index is 1.55. The number of rotatable bonds is 4. The second-order valence-corrected chi connectivity index (χ2v) is 6.12. The number of nitrogens with zero attached hydrogens (tertiary/aromatic N) is 3. The van der Waals surface area contributed by atoms with Crippen LogP contribution in [0.4, 0.5) is 11.4 Å². The van der Waals surface area contributed by atoms with Crippen LogP contribution in [0.5, 0.6) is 0 Å². The maximum atomic E-state index is 4.07. The molecule has 0 aliphatic carbocycles. The molecule has 0 saturated carbocycles. The van der Waals surface area contributed by atoms with Crippen LogP contribution in [-0.2, 0) is 0 Å². The predicted molar refractivity (Wildman–Crippen MR) is 107 cm³/mol. The van der Waals surface area contributed by atoms with Gasteiger partial charge in [-0.3, -0.25) is 9.97 Å². The fourth-order valence-electron chi connectivity index (χ4n) is 2.99. The van der Waals surface area contributed by atoms with Crippen LogP contribution in [-0.4, -0.2) is 17.0 Å². The second kappa shape index (κ2) is 7.19. The van der Waals surface area contributed by atoms with E-state index in [0.717, 1.165) is 11.4 Å². The predicted octanol–water partition coefficient (Wildman–Crippen LogP) is 5.58. The molecule has 4 aromatic rings. The van der Waals surface area contributed by atoms with Gasteiger partial charge in [0.1, 0.15) is 0 Å². The fraction of sp³-hybridized carbons (Fsp3) is 0.0435. The Morgan fingerprint density at radius 3 is 1.12 bits per heavy atom. The third-order valence-electron chi connectivity index (χ3n) is 4.54. The van der Waals surface area contributed by atoms with E-state index in [0.29, 0.717) is 0 Å². The van der Waals surface area contributed by atoms with Crippen molar-refractivity contribution in [1.29, 1.82) is 0 Å². The van der Waals surface area contributed by atoms with Crippen LogP contribution in [0.3, 0.4) is 0 Å². The van der Waals surface area contributed by atoms with Crippen LogP contribution in [0.25, 0.3) is 22.3 Å². The van der Waals surface area contributed by atoms with Crippen molar-refractivity contribution in [3.8, 4) is 22.3 Å². The van der Waals surface area contributed by atoms with Crippen molar-refractivity contribution in [2.75, 3.05) is 11.9 Å². The van der Waals surface area contributed by atoms with E-state index in [9.17, 15) is 0 Å². The molecule has 0 radical (unpaired) electrons. The summed E-state index contributed by atoms with van der Waals surface area (Å²) in [5, 5.41) is 0. The number of hydrogen-bond donors (Lipinski definition) is 0. The standard InChI is InChI=1S/C23H19N3/c1-26(22-6-2-18(3-7-22)20-10-14-24-15-11-20)23-8-4-19(5-9-23)21-12-16-25-17-13-21/h2-17H,1H3. The quantitative estimate of drug-likeness (QED) is 0.487. The van der Waals surface area contributed by atoms with Gasteiger partial charge in [0.05, 0.1) is 0 Å². The zero-order valence-electron chi connectivity index (χ0n) is 14.6. The average molecular weight is 337 g/mol. The van der Waals surface area contributed by atoms with Crippen molar-refractivity contribution in [1.82, 2.24) is 9.97 Å². The third-order valence-corrected chi connectivity index (χ3v) is 4.54. The van der Waals surface area contributed by atoms with E-state index in [1.54, 1.807) is 0 Å². The van der Waals surface area contributed by atoms with E-state index in [2.05, 4.69) is 70.4 Å². The molecular weight excluding hydrogens is 318 g/mol. The minimum atomic E-state index is 1.15. The Kier molecular flexibility index (Phi) is 4.44. The number of anilines is 2. The number of aromatic nitrogens is 2. The lowest BCUT2D eigenvalue weighted by molar-refractivity contribution is 1.21. The minimum Gasteiger partial charge on any atom is -0.345 e. The van der Waals surface area contributed by atoms with Crippen LogP contribution in [0.15, 0.2) is 97.6 Å². The molecule has 2 heterocycles. The maximum absolute atomic E-state index is 4.07. The molecule has 26 heavy (non-hydrogen) atoms. The highest BCUT2D eigenvalue weighted by atomic mass is 15.1. The highest BCUT2D eigenvalue weighted by Gasteiger charge is 2.05. The summed E-state index contributed by atoms with van der Waals surface area (Å²) in [6.07, 6.45) is 7.28. The number of benzene rings is 2. The first-order chi connectivity index (χ1) is 12.8. The number of hydrogen-bond acceptors (Lipinski definition) is 3. The normalized spacial score (nSPS) is 10.5. The van der Waals surface area contributed by atoms with Gasteiger partial charge in [0.25, 0.3) is 0 Å². The third kappa shape index (κ3) is 3.33. The summed E-state index contributed by atoms with van der Waals surface area (Å²) in [4.78, 5) is 10.3. The monoisotopic (exact) mass is 337 g/mol. The molecule has 0 aliphatic heterocycles. The SMILES string of the molecule is CN(c1ccc(-c2ccncc2)cc1)c1ccc(-c2ccncc2)cc1. The highest BCUT2D eigenvalue weighted by molar-refractivity contribution is 5.71. The zero-order valence-corrected chi connectivity index (χ0v) is 14.6. The van der Waals surface area contributed by atoms with Gasteiger partial charge in [-0.2, -0.15) is 0 Å². The smallest absolute Gasteiger partial charge is 0.0408 e. The Bertz CT molecular complexity index is 880. The van der Waals surface area contributed by atoms with E-state index >= 15 is 0 Å². The fourth-order valence-corrected chi connectivity index (χ4v) is 2.99. The van der Waals surface area contributed by atoms with Crippen LogP contribution in [0.2, 0.25) is 0 Å². The summed E-state index contributed by atoms with van der Waals surface area (Å²) >= 11 is 0. The Morgan fingerprint density at radius 1 is 0.462 bits per heavy atom. The lowest BCUT2D eigenvalue weighted by Crippen LogP contribution is -2.08. The maximum Gasteiger partial charge on any atom is 0.0408 e. The molecule has 0 bridgehead atoms. The summed E-state index contributed by atoms with van der Waals surface area (Å²) in [7, 11) is 2.09. The lowest BCUT2D eigenvalue weighted by Gasteiger charge is -2.20. The first-order valence-corrected chi connectivity index (χ1v) is 8.56. The molecule has 2 aromatic carbocycles. The Morgan fingerprint density at radius 2 is 0.769 bits per heavy atom. The summed E-state index contributed by atoms with van der Waals surface area (Å²) in [6.45, 7) is 0. The van der Waals surface area contributed by atoms with Gasteiger partial charge in [0.2, 0.25) is 0 Å². The van der Waals surface area contributed by atoms with Crippen molar-refractivity contribution in [3.63, 3.8) is 0 Å². The first kappa shape index (κ1) is 16.0. The van der Waals surface area contributed by atoms with Crippen molar-refractivity contribution in [2.45, 2.75) is 0 Å². The van der Waals surface area contributed by atoms with Gasteiger partial charge in [0.15, 0.2) is 0 Å². The summed E-state index contributed by atoms with van der Waals surface area (Å²) < 4.78 is 0. The first-order valence-electron chi connectivity index (χ1n) is 8.56. The molecule has 0 saturated heterocycles. The molecule has 0 unspecified atom stereocenters. The molecule has 3 nitrogen and oxygen atoms in total. The highest BCUT2D eigenvalue weighted by Crippen LogP contribution is 2.28. The van der Waals surface area contributed by atoms with Gasteiger partial charge in [-0.25, -0.2) is 0 Å². The van der Waals surface area contributed by atoms with E-state index in [1.807, 2.05) is 49.1 Å². The summed E-state index contributed by atoms with van der Waals surface area (Å²) in [6, 6.07) is 25.3. The van der Waals surface area contributed by atoms with E-state index in [1.165, 1.54) is 22.3 Å². The van der Waals surface area contributed by atoms with Gasteiger partial charge in [-0.15, -0.1) is 0 Å². The number of pyridine rings is 2. The van der Waals surface area contributed by atoms with Crippen LogP contribution in [0, 0.1) is 0 Å². The molecule has 0 spiro atoms. The van der Waals surface area contributed by atoms with Crippen LogP contribution in [0.1, 0.15) is 0 Å². The lowest BCUT2D eigenvalue weighted by atomic mass is 10.1. The van der Waals surface area contributed by atoms with Crippen molar-refractivity contribution in [3.05, 3.63) is 97.6 Å². The van der Waals surface area contributed by atoms with Gasteiger partial charge >= 0.3 is 0 Å². The van der Waals surface area contributed by atoms with Crippen molar-refractivity contribution in [2.24, 2.45) is 0 Å². The van der Waals surface area contributed by atoms with E-state index in [-0.39, 0.29) is 0 Å². The van der Waals surface area contributed by atoms with Gasteiger partial charge in [0, 0.05) is 43.2 Å². The molecule has 0 N–H and O–H groups in total. The molecule has 0 fully saturated rings. The average Bonchev–Trinajstić information content (AvgIpc) is 2.75. The minimum absolute atomic E-state index is 1.15. The molecule has 4 rings (SSSR count). The van der Waals surface area contributed by atoms with Gasteiger partial charge in [-0.05, 0) is 70.8 Å². The second-order valence-electron chi connectivity index (χ2n) is 6.12. The molecule has 0 atom stereocenters. The van der Waals surface area contributed by atoms with E-state index < -0.39 is 0 Å². The molecule has 3 heteroatoms. The summed E-state index contributed by atoms with van der Waals surface area (Å²) in [5.41, 5.74) is 7.04. The van der Waals surface area contributed by atoms with Crippen molar-refractivity contribution < 1.29 is 0 Å². The Labute approximate surface area is 153 Å².